The molecule has 14 heavy (non-hydrogen) atoms. The Balaban J connectivity index is 2.00. The number of rotatable bonds is 2. The minimum atomic E-state index is 0.509. The maximum atomic E-state index is 3.46. The fraction of sp³-hybridized carbons (Fsp3) is 0.636. The Hall–Kier alpha value is -0.800. The van der Waals surface area contributed by atoms with Crippen LogP contribution in [0.3, 0.4) is 0 Å². The van der Waals surface area contributed by atoms with Crippen molar-refractivity contribution >= 4 is 0 Å². The number of piperazine rings is 1. The first-order chi connectivity index (χ1) is 6.77. The third-order valence-electron chi connectivity index (χ3n) is 3.02. The molecule has 0 aliphatic carbocycles. The molecule has 2 rings (SSSR count). The Kier molecular flexibility index (Phi) is 2.89. The van der Waals surface area contributed by atoms with Gasteiger partial charge in [0, 0.05) is 43.6 Å². The van der Waals surface area contributed by atoms with Gasteiger partial charge in [0.2, 0.25) is 0 Å². The van der Waals surface area contributed by atoms with E-state index in [1.165, 1.54) is 5.69 Å². The maximum absolute atomic E-state index is 3.46. The number of aromatic nitrogens is 1. The van der Waals surface area contributed by atoms with Crippen LogP contribution in [0.2, 0.25) is 0 Å². The van der Waals surface area contributed by atoms with Gasteiger partial charge in [-0.25, -0.2) is 0 Å². The van der Waals surface area contributed by atoms with Crippen molar-refractivity contribution in [1.29, 1.82) is 0 Å². The number of nitrogens with zero attached hydrogens (tertiary/aromatic N) is 1. The second-order valence-electron chi connectivity index (χ2n) is 4.15. The number of aromatic amines is 1. The largest absolute Gasteiger partial charge is 0.364 e. The van der Waals surface area contributed by atoms with Crippen LogP contribution in [0.15, 0.2) is 18.3 Å². The van der Waals surface area contributed by atoms with Crippen molar-refractivity contribution in [2.75, 3.05) is 19.6 Å². The predicted molar refractivity (Wildman–Crippen MR) is 58.2 cm³/mol. The first-order valence-corrected chi connectivity index (χ1v) is 5.38. The molecule has 0 spiro atoms. The fourth-order valence-electron chi connectivity index (χ4n) is 2.11. The summed E-state index contributed by atoms with van der Waals surface area (Å²) in [7, 11) is 0. The van der Waals surface area contributed by atoms with E-state index in [0.717, 1.165) is 19.6 Å². The summed E-state index contributed by atoms with van der Waals surface area (Å²) in [5.74, 6) is 0. The highest BCUT2D eigenvalue weighted by Crippen LogP contribution is 2.19. The van der Waals surface area contributed by atoms with Gasteiger partial charge in [-0.3, -0.25) is 4.90 Å². The van der Waals surface area contributed by atoms with Crippen LogP contribution in [0.4, 0.5) is 0 Å². The first-order valence-electron chi connectivity index (χ1n) is 5.38. The van der Waals surface area contributed by atoms with E-state index < -0.39 is 0 Å². The van der Waals surface area contributed by atoms with Crippen LogP contribution in [0.5, 0.6) is 0 Å². The maximum Gasteiger partial charge on any atom is 0.0471 e. The van der Waals surface area contributed by atoms with E-state index in [1.54, 1.807) is 0 Å². The molecule has 1 saturated heterocycles. The molecule has 2 atom stereocenters. The van der Waals surface area contributed by atoms with Crippen LogP contribution in [0.1, 0.15) is 25.6 Å². The van der Waals surface area contributed by atoms with E-state index in [4.69, 9.17) is 0 Å². The third-order valence-corrected chi connectivity index (χ3v) is 3.02. The molecule has 0 bridgehead atoms. The number of nitrogens with one attached hydrogen (secondary N) is 2. The van der Waals surface area contributed by atoms with Crippen molar-refractivity contribution in [2.45, 2.75) is 25.9 Å². The van der Waals surface area contributed by atoms with Crippen molar-refractivity contribution in [3.8, 4) is 0 Å². The zero-order chi connectivity index (χ0) is 9.97. The molecule has 0 unspecified atom stereocenters. The van der Waals surface area contributed by atoms with Gasteiger partial charge in [-0.2, -0.15) is 0 Å². The number of hydrogen-bond donors (Lipinski definition) is 2. The normalized spacial score (nSPS) is 26.3. The summed E-state index contributed by atoms with van der Waals surface area (Å²) >= 11 is 0. The van der Waals surface area contributed by atoms with Crippen molar-refractivity contribution in [2.24, 2.45) is 0 Å². The molecule has 1 aromatic heterocycles. The van der Waals surface area contributed by atoms with Gasteiger partial charge < -0.3 is 10.3 Å². The Morgan fingerprint density at radius 3 is 3.07 bits per heavy atom. The molecule has 0 radical (unpaired) electrons. The van der Waals surface area contributed by atoms with E-state index in [9.17, 15) is 0 Å². The Morgan fingerprint density at radius 1 is 1.57 bits per heavy atom. The summed E-state index contributed by atoms with van der Waals surface area (Å²) in [4.78, 5) is 5.81. The van der Waals surface area contributed by atoms with Crippen LogP contribution in [0, 0.1) is 0 Å². The van der Waals surface area contributed by atoms with Crippen LogP contribution in [0.25, 0.3) is 0 Å². The SMILES string of the molecule is C[C@@H]1CN([C@H](C)c2ccc[nH]2)CCN1. The number of H-pyrrole nitrogens is 1. The predicted octanol–water partition coefficient (Wildman–Crippen LogP) is 1.37. The van der Waals surface area contributed by atoms with E-state index >= 15 is 0 Å². The summed E-state index contributed by atoms with van der Waals surface area (Å²) in [5.41, 5.74) is 1.32. The van der Waals surface area contributed by atoms with Gasteiger partial charge in [-0.1, -0.05) is 0 Å². The first kappa shape index (κ1) is 9.74. The average molecular weight is 193 g/mol. The van der Waals surface area contributed by atoms with Gasteiger partial charge in [0.25, 0.3) is 0 Å². The second kappa shape index (κ2) is 4.15. The van der Waals surface area contributed by atoms with Gasteiger partial charge in [0.15, 0.2) is 0 Å². The molecule has 0 aromatic carbocycles. The van der Waals surface area contributed by atoms with E-state index in [2.05, 4.69) is 41.2 Å². The summed E-state index contributed by atoms with van der Waals surface area (Å²) < 4.78 is 0. The highest BCUT2D eigenvalue weighted by Gasteiger charge is 2.21. The van der Waals surface area contributed by atoms with Gasteiger partial charge in [0.1, 0.15) is 0 Å². The fourth-order valence-corrected chi connectivity index (χ4v) is 2.11. The smallest absolute Gasteiger partial charge is 0.0471 e. The van der Waals surface area contributed by atoms with Gasteiger partial charge >= 0.3 is 0 Å². The third kappa shape index (κ3) is 1.99. The molecule has 2 heterocycles. The minimum absolute atomic E-state index is 0.509. The van der Waals surface area contributed by atoms with Crippen LogP contribution in [-0.4, -0.2) is 35.6 Å². The lowest BCUT2D eigenvalue weighted by molar-refractivity contribution is 0.156. The van der Waals surface area contributed by atoms with Crippen LogP contribution in [-0.2, 0) is 0 Å². The zero-order valence-corrected chi connectivity index (χ0v) is 8.96. The molecule has 0 saturated carbocycles. The molecule has 3 heteroatoms. The molecule has 2 N–H and O–H groups in total. The lowest BCUT2D eigenvalue weighted by Gasteiger charge is -2.35. The highest BCUT2D eigenvalue weighted by atomic mass is 15.2. The van der Waals surface area contributed by atoms with Gasteiger partial charge in [0.05, 0.1) is 0 Å². The monoisotopic (exact) mass is 193 g/mol. The number of hydrogen-bond acceptors (Lipinski definition) is 2. The van der Waals surface area contributed by atoms with Crippen LogP contribution < -0.4 is 5.32 Å². The molecule has 0 amide bonds. The lowest BCUT2D eigenvalue weighted by atomic mass is 10.1. The summed E-state index contributed by atoms with van der Waals surface area (Å²) in [6.07, 6.45) is 2.00. The summed E-state index contributed by atoms with van der Waals surface area (Å²) in [5, 5.41) is 3.46. The van der Waals surface area contributed by atoms with E-state index in [0.29, 0.717) is 12.1 Å². The van der Waals surface area contributed by atoms with E-state index in [1.807, 2.05) is 6.20 Å². The van der Waals surface area contributed by atoms with Gasteiger partial charge in [-0.15, -0.1) is 0 Å². The van der Waals surface area contributed by atoms with Gasteiger partial charge in [-0.05, 0) is 26.0 Å². The molecular formula is C11H19N3. The topological polar surface area (TPSA) is 31.1 Å². The minimum Gasteiger partial charge on any atom is -0.364 e. The van der Waals surface area contributed by atoms with E-state index in [-0.39, 0.29) is 0 Å². The molecule has 1 aliphatic rings. The Bertz CT molecular complexity index is 268. The lowest BCUT2D eigenvalue weighted by Crippen LogP contribution is -2.49. The van der Waals surface area contributed by atoms with Crippen molar-refractivity contribution in [1.82, 2.24) is 15.2 Å². The van der Waals surface area contributed by atoms with Crippen LogP contribution >= 0.6 is 0 Å². The molecule has 3 nitrogen and oxygen atoms in total. The summed E-state index contributed by atoms with van der Waals surface area (Å²) in [6.45, 7) is 7.90. The van der Waals surface area contributed by atoms with Crippen molar-refractivity contribution in [3.63, 3.8) is 0 Å². The average Bonchev–Trinajstić information content (AvgIpc) is 2.69. The van der Waals surface area contributed by atoms with Crippen molar-refractivity contribution in [3.05, 3.63) is 24.0 Å². The summed E-state index contributed by atoms with van der Waals surface area (Å²) in [6, 6.07) is 5.35. The molecule has 1 aromatic rings. The van der Waals surface area contributed by atoms with Crippen molar-refractivity contribution < 1.29 is 0 Å². The molecule has 1 aliphatic heterocycles. The molecular weight excluding hydrogens is 174 g/mol. The standard InChI is InChI=1S/C11H19N3/c1-9-8-14(7-6-12-9)10(2)11-4-3-5-13-11/h3-5,9-10,12-13H,6-8H2,1-2H3/t9-,10-/m1/s1. The second-order valence-corrected chi connectivity index (χ2v) is 4.15. The highest BCUT2D eigenvalue weighted by molar-refractivity contribution is 5.08. The zero-order valence-electron chi connectivity index (χ0n) is 8.96. The molecule has 1 fully saturated rings. The molecule has 78 valence electrons. The quantitative estimate of drug-likeness (QED) is 0.743. The Labute approximate surface area is 85.5 Å². The Morgan fingerprint density at radius 2 is 2.43 bits per heavy atom.